The van der Waals surface area contributed by atoms with Gasteiger partial charge in [0.25, 0.3) is 5.88 Å². The Bertz CT molecular complexity index is 1820. The Morgan fingerprint density at radius 3 is 2.66 bits per heavy atom. The van der Waals surface area contributed by atoms with E-state index in [1.807, 2.05) is 31.2 Å². The fraction of sp³-hybridized carbons (Fsp3) is 0.241. The molecule has 3 aromatic carbocycles. The maximum Gasteiger partial charge on any atom is 0.262 e. The molecule has 5 aromatic rings. The van der Waals surface area contributed by atoms with Crippen LogP contribution < -0.4 is 4.74 Å². The average molecular weight is 528 g/mol. The maximum absolute atomic E-state index is 11.6. The predicted molar refractivity (Wildman–Crippen MR) is 140 cm³/mol. The third-order valence-corrected chi connectivity index (χ3v) is 8.17. The molecule has 190 valence electrons. The van der Waals surface area contributed by atoms with Gasteiger partial charge in [-0.05, 0) is 49.2 Å². The zero-order chi connectivity index (χ0) is 26.2. The van der Waals surface area contributed by atoms with Crippen molar-refractivity contribution in [3.8, 4) is 29.4 Å². The lowest BCUT2D eigenvalue weighted by Gasteiger charge is -2.26. The molecule has 0 amide bonds. The molecule has 4 heterocycles. The molecule has 7 rings (SSSR count). The van der Waals surface area contributed by atoms with Crippen molar-refractivity contribution in [3.63, 3.8) is 0 Å². The van der Waals surface area contributed by atoms with Crippen molar-refractivity contribution in [2.45, 2.75) is 37.4 Å². The lowest BCUT2D eigenvalue weighted by molar-refractivity contribution is -0.0877. The molecule has 2 N–H and O–H groups in total. The van der Waals surface area contributed by atoms with Crippen LogP contribution >= 0.6 is 11.6 Å². The molecule has 1 fully saturated rings. The molecule has 2 aliphatic heterocycles. The summed E-state index contributed by atoms with van der Waals surface area (Å²) in [4.78, 5) is 0. The van der Waals surface area contributed by atoms with Crippen LogP contribution in [0.15, 0.2) is 59.1 Å². The molecule has 2 atom stereocenters. The molecule has 0 saturated carbocycles. The molecule has 38 heavy (non-hydrogen) atoms. The Labute approximate surface area is 222 Å². The lowest BCUT2D eigenvalue weighted by Crippen LogP contribution is -2.25. The van der Waals surface area contributed by atoms with Gasteiger partial charge in [-0.15, -0.1) is 0 Å². The quantitative estimate of drug-likeness (QED) is 0.271. The Kier molecular flexibility index (Phi) is 4.78. The molecule has 2 bridgehead atoms. The van der Waals surface area contributed by atoms with Crippen molar-refractivity contribution in [3.05, 3.63) is 76.3 Å². The largest absolute Gasteiger partial charge is 0.494 e. The molecule has 2 aromatic heterocycles. The monoisotopic (exact) mass is 527 g/mol. The number of hydrogen-bond donors (Lipinski definition) is 2. The zero-order valence-corrected chi connectivity index (χ0v) is 21.1. The van der Waals surface area contributed by atoms with E-state index in [1.54, 1.807) is 30.3 Å². The van der Waals surface area contributed by atoms with Crippen molar-refractivity contribution in [1.29, 1.82) is 5.26 Å². The molecule has 0 aliphatic carbocycles. The van der Waals surface area contributed by atoms with Gasteiger partial charge in [0.2, 0.25) is 11.8 Å². The van der Waals surface area contributed by atoms with E-state index in [-0.39, 0.29) is 18.4 Å². The number of benzene rings is 3. The van der Waals surface area contributed by atoms with Gasteiger partial charge in [0, 0.05) is 28.3 Å². The smallest absolute Gasteiger partial charge is 0.262 e. The minimum Gasteiger partial charge on any atom is -0.494 e. The highest BCUT2D eigenvalue weighted by Gasteiger charge is 2.61. The summed E-state index contributed by atoms with van der Waals surface area (Å²) in [5.41, 5.74) is 1.24. The highest BCUT2D eigenvalue weighted by Crippen LogP contribution is 2.65. The van der Waals surface area contributed by atoms with Crippen molar-refractivity contribution in [2.24, 2.45) is 0 Å². The molecule has 8 nitrogen and oxygen atoms in total. The van der Waals surface area contributed by atoms with E-state index in [2.05, 4.69) is 11.2 Å². The van der Waals surface area contributed by atoms with E-state index in [4.69, 9.17) is 25.6 Å². The lowest BCUT2D eigenvalue weighted by atomic mass is 9.78. The topological polar surface area (TPSA) is 114 Å². The first kappa shape index (κ1) is 23.0. The Morgan fingerprint density at radius 1 is 1.05 bits per heavy atom. The van der Waals surface area contributed by atoms with Gasteiger partial charge >= 0.3 is 0 Å². The van der Waals surface area contributed by atoms with Crippen molar-refractivity contribution >= 4 is 33.3 Å². The average Bonchev–Trinajstić information content (AvgIpc) is 3.62. The maximum atomic E-state index is 11.6. The number of halogens is 1. The number of rotatable bonds is 5. The van der Waals surface area contributed by atoms with Crippen LogP contribution in [0.5, 0.6) is 17.6 Å². The number of aromatic nitrogens is 2. The summed E-state index contributed by atoms with van der Waals surface area (Å²) in [7, 11) is 0. The van der Waals surface area contributed by atoms with Gasteiger partial charge in [-0.25, -0.2) is 0 Å². The molecular formula is C29H22ClN3O5. The van der Waals surface area contributed by atoms with E-state index >= 15 is 0 Å². The number of nitriles is 1. The standard InChI is InChI=1S/C29H22ClN3O5/c1-28-10-11-29(38-28,12-13-36-25-20-8-7-17(30)14-22(20)37-32-25)24-23(28)26(34)33(27(24)35)21-9-6-16(15-31)18-4-2-3-5-19(18)21/h2-9,14,34-35H,10-13H2,1H3/t28-,29-/m1/s1. The highest BCUT2D eigenvalue weighted by molar-refractivity contribution is 6.31. The van der Waals surface area contributed by atoms with Crippen molar-refractivity contribution < 1.29 is 24.2 Å². The van der Waals surface area contributed by atoms with Gasteiger partial charge in [-0.2, -0.15) is 5.26 Å². The number of aromatic hydroxyl groups is 2. The summed E-state index contributed by atoms with van der Waals surface area (Å²) < 4.78 is 19.3. The molecule has 1 saturated heterocycles. The van der Waals surface area contributed by atoms with Crippen molar-refractivity contribution in [1.82, 2.24) is 9.72 Å². The molecule has 0 unspecified atom stereocenters. The first-order chi connectivity index (χ1) is 18.3. The van der Waals surface area contributed by atoms with Crippen LogP contribution in [0, 0.1) is 11.3 Å². The minimum atomic E-state index is -0.831. The Hall–Kier alpha value is -4.19. The van der Waals surface area contributed by atoms with Gasteiger partial charge in [-0.3, -0.25) is 4.57 Å². The van der Waals surface area contributed by atoms with Crippen LogP contribution in [0.25, 0.3) is 27.4 Å². The summed E-state index contributed by atoms with van der Waals surface area (Å²) in [5, 5.41) is 39.4. The van der Waals surface area contributed by atoms with Gasteiger partial charge < -0.3 is 24.2 Å². The van der Waals surface area contributed by atoms with Crippen LogP contribution in [0.1, 0.15) is 42.9 Å². The molecule has 9 heteroatoms. The molecule has 0 radical (unpaired) electrons. The third kappa shape index (κ3) is 3.03. The summed E-state index contributed by atoms with van der Waals surface area (Å²) in [6, 6.07) is 18.4. The van der Waals surface area contributed by atoms with Gasteiger partial charge in [-0.1, -0.05) is 35.9 Å². The number of fused-ring (bicyclic) bond motifs is 7. The second kappa shape index (κ2) is 7.90. The fourth-order valence-corrected chi connectivity index (χ4v) is 6.38. The zero-order valence-electron chi connectivity index (χ0n) is 20.4. The molecule has 0 spiro atoms. The van der Waals surface area contributed by atoms with E-state index in [9.17, 15) is 15.5 Å². The Morgan fingerprint density at radius 2 is 1.84 bits per heavy atom. The van der Waals surface area contributed by atoms with E-state index in [1.165, 1.54) is 4.57 Å². The van der Waals surface area contributed by atoms with Crippen LogP contribution in [0.2, 0.25) is 5.02 Å². The normalized spacial score (nSPS) is 21.7. The predicted octanol–water partition coefficient (Wildman–Crippen LogP) is 6.41. The summed E-state index contributed by atoms with van der Waals surface area (Å²) in [5.74, 6) is 0.231. The number of hydrogen-bond acceptors (Lipinski definition) is 7. The van der Waals surface area contributed by atoms with Crippen LogP contribution in [-0.4, -0.2) is 26.5 Å². The molecule has 2 aliphatic rings. The van der Waals surface area contributed by atoms with Crippen LogP contribution in [0.3, 0.4) is 0 Å². The second-order valence-electron chi connectivity index (χ2n) is 10.1. The minimum absolute atomic E-state index is 0.0586. The SMILES string of the molecule is C[C@]12CC[C@](CCOc3noc4cc(Cl)ccc34)(O1)c1c2c(O)n(-c2ccc(C#N)c3ccccc23)c1O. The van der Waals surface area contributed by atoms with Gasteiger partial charge in [0.15, 0.2) is 5.58 Å². The van der Waals surface area contributed by atoms with Gasteiger partial charge in [0.1, 0.15) is 5.60 Å². The number of nitrogens with zero attached hydrogens (tertiary/aromatic N) is 3. The van der Waals surface area contributed by atoms with E-state index in [0.717, 1.165) is 16.2 Å². The van der Waals surface area contributed by atoms with Crippen LogP contribution in [-0.2, 0) is 15.9 Å². The van der Waals surface area contributed by atoms with Gasteiger partial charge in [0.05, 0.1) is 46.0 Å². The Balaban J connectivity index is 1.28. The van der Waals surface area contributed by atoms with Crippen molar-refractivity contribution in [2.75, 3.05) is 6.61 Å². The van der Waals surface area contributed by atoms with E-state index in [0.29, 0.717) is 58.1 Å². The highest BCUT2D eigenvalue weighted by atomic mass is 35.5. The van der Waals surface area contributed by atoms with Crippen LogP contribution in [0.4, 0.5) is 0 Å². The summed E-state index contributed by atoms with van der Waals surface area (Å²) in [6.07, 6.45) is 1.79. The first-order valence-electron chi connectivity index (χ1n) is 12.3. The number of ether oxygens (including phenoxy) is 2. The summed E-state index contributed by atoms with van der Waals surface area (Å²) in [6.45, 7) is 2.20. The second-order valence-corrected chi connectivity index (χ2v) is 10.5. The fourth-order valence-electron chi connectivity index (χ4n) is 6.22. The van der Waals surface area contributed by atoms with E-state index < -0.39 is 11.2 Å². The molecular weight excluding hydrogens is 506 g/mol. The first-order valence-corrected chi connectivity index (χ1v) is 12.7. The summed E-state index contributed by atoms with van der Waals surface area (Å²) >= 11 is 6.04. The third-order valence-electron chi connectivity index (χ3n) is 7.94.